The quantitative estimate of drug-likeness (QED) is 0.761. The molecule has 0 bridgehead atoms. The molecule has 0 heterocycles. The number of amides is 1. The van der Waals surface area contributed by atoms with E-state index in [2.05, 4.69) is 6.92 Å². The number of benzene rings is 1. The third-order valence-corrected chi connectivity index (χ3v) is 3.52. The van der Waals surface area contributed by atoms with Gasteiger partial charge in [0.05, 0.1) is 5.92 Å². The minimum Gasteiger partial charge on any atom is -0.481 e. The third kappa shape index (κ3) is 6.43. The van der Waals surface area contributed by atoms with Gasteiger partial charge in [-0.25, -0.2) is 0 Å². The summed E-state index contributed by atoms with van der Waals surface area (Å²) in [6, 6.07) is 9.88. The van der Waals surface area contributed by atoms with Crippen molar-refractivity contribution in [2.45, 2.75) is 39.5 Å². The molecule has 0 aliphatic heterocycles. The molecule has 1 unspecified atom stereocenters. The molecule has 0 aliphatic carbocycles. The number of hydrogen-bond donors (Lipinski definition) is 1. The van der Waals surface area contributed by atoms with Crippen molar-refractivity contribution < 1.29 is 14.7 Å². The Balaban J connectivity index is 2.55. The largest absolute Gasteiger partial charge is 0.481 e. The Kier molecular flexibility index (Phi) is 7.51. The van der Waals surface area contributed by atoms with Crippen molar-refractivity contribution in [1.29, 1.82) is 0 Å². The van der Waals surface area contributed by atoms with Crippen LogP contribution >= 0.6 is 0 Å². The van der Waals surface area contributed by atoms with E-state index >= 15 is 0 Å². The van der Waals surface area contributed by atoms with E-state index in [0.717, 1.165) is 18.4 Å². The number of rotatable bonds is 9. The van der Waals surface area contributed by atoms with Crippen molar-refractivity contribution in [3.05, 3.63) is 35.9 Å². The van der Waals surface area contributed by atoms with Gasteiger partial charge in [0.25, 0.3) is 0 Å². The lowest BCUT2D eigenvalue weighted by atomic mass is 10.1. The van der Waals surface area contributed by atoms with Crippen LogP contribution in [0.4, 0.5) is 0 Å². The summed E-state index contributed by atoms with van der Waals surface area (Å²) in [5.41, 5.74) is 1.13. The molecule has 21 heavy (non-hydrogen) atoms. The fraction of sp³-hybridized carbons (Fsp3) is 0.529. The Morgan fingerprint density at radius 3 is 2.48 bits per heavy atom. The average molecular weight is 291 g/mol. The molecule has 4 nitrogen and oxygen atoms in total. The van der Waals surface area contributed by atoms with Crippen LogP contribution in [0.25, 0.3) is 0 Å². The van der Waals surface area contributed by atoms with Crippen LogP contribution in [0.3, 0.4) is 0 Å². The van der Waals surface area contributed by atoms with E-state index in [-0.39, 0.29) is 5.91 Å². The van der Waals surface area contributed by atoms with Gasteiger partial charge in [0, 0.05) is 19.5 Å². The number of nitrogens with zero attached hydrogens (tertiary/aromatic N) is 1. The summed E-state index contributed by atoms with van der Waals surface area (Å²) in [5.74, 6) is -1.34. The summed E-state index contributed by atoms with van der Waals surface area (Å²) in [7, 11) is 0. The van der Waals surface area contributed by atoms with Gasteiger partial charge in [0.2, 0.25) is 5.91 Å². The van der Waals surface area contributed by atoms with E-state index in [1.807, 2.05) is 30.3 Å². The molecule has 1 aromatic rings. The van der Waals surface area contributed by atoms with E-state index in [9.17, 15) is 9.59 Å². The summed E-state index contributed by atoms with van der Waals surface area (Å²) in [6.07, 6.45) is 3.02. The maximum atomic E-state index is 12.3. The van der Waals surface area contributed by atoms with Crippen molar-refractivity contribution in [3.8, 4) is 0 Å². The lowest BCUT2D eigenvalue weighted by Crippen LogP contribution is -2.37. The molecule has 0 aliphatic rings. The van der Waals surface area contributed by atoms with Gasteiger partial charge in [-0.15, -0.1) is 0 Å². The zero-order valence-corrected chi connectivity index (χ0v) is 12.9. The number of unbranched alkanes of at least 4 members (excludes halogenated alkanes) is 1. The number of aliphatic carboxylic acids is 1. The molecule has 0 spiro atoms. The molecule has 0 saturated heterocycles. The molecule has 116 valence electrons. The average Bonchev–Trinajstić information content (AvgIpc) is 2.49. The van der Waals surface area contributed by atoms with Crippen LogP contribution in [0.15, 0.2) is 30.3 Å². The number of carboxylic acids is 1. The smallest absolute Gasteiger partial charge is 0.308 e. The van der Waals surface area contributed by atoms with Crippen LogP contribution in [-0.4, -0.2) is 35.0 Å². The maximum absolute atomic E-state index is 12.3. The van der Waals surface area contributed by atoms with Crippen molar-refractivity contribution >= 4 is 11.9 Å². The van der Waals surface area contributed by atoms with Crippen LogP contribution in [0.5, 0.6) is 0 Å². The second kappa shape index (κ2) is 9.16. The Morgan fingerprint density at radius 1 is 1.24 bits per heavy atom. The first-order chi connectivity index (χ1) is 10.0. The van der Waals surface area contributed by atoms with E-state index in [1.54, 1.807) is 11.8 Å². The second-order valence-corrected chi connectivity index (χ2v) is 5.42. The molecule has 4 heteroatoms. The number of hydrogen-bond acceptors (Lipinski definition) is 2. The summed E-state index contributed by atoms with van der Waals surface area (Å²) < 4.78 is 0. The molecule has 1 N–H and O–H groups in total. The molecule has 0 fully saturated rings. The van der Waals surface area contributed by atoms with Crippen LogP contribution in [0, 0.1) is 5.92 Å². The van der Waals surface area contributed by atoms with Gasteiger partial charge in [-0.1, -0.05) is 50.6 Å². The number of carbonyl (C=O) groups is 2. The predicted octanol–water partition coefficient (Wildman–Crippen LogP) is 2.97. The van der Waals surface area contributed by atoms with Crippen molar-refractivity contribution in [2.75, 3.05) is 13.1 Å². The van der Waals surface area contributed by atoms with Crippen molar-refractivity contribution in [3.63, 3.8) is 0 Å². The highest BCUT2D eigenvalue weighted by Gasteiger charge is 2.19. The zero-order chi connectivity index (χ0) is 15.7. The zero-order valence-electron chi connectivity index (χ0n) is 12.9. The van der Waals surface area contributed by atoms with Crippen LogP contribution in [0.2, 0.25) is 0 Å². The molecule has 1 aromatic carbocycles. The van der Waals surface area contributed by atoms with Gasteiger partial charge < -0.3 is 10.0 Å². The Hall–Kier alpha value is -1.84. The molecule has 0 saturated carbocycles. The van der Waals surface area contributed by atoms with Gasteiger partial charge >= 0.3 is 5.97 Å². The Labute approximate surface area is 126 Å². The SMILES string of the molecule is CCCCN(CC(C)C(=O)O)C(=O)CCc1ccccc1. The van der Waals surface area contributed by atoms with Crippen molar-refractivity contribution in [1.82, 2.24) is 4.90 Å². The molecule has 0 radical (unpaired) electrons. The molecule has 1 rings (SSSR count). The maximum Gasteiger partial charge on any atom is 0.308 e. The normalized spacial score (nSPS) is 11.9. The summed E-state index contributed by atoms with van der Waals surface area (Å²) >= 11 is 0. The molecular weight excluding hydrogens is 266 g/mol. The monoisotopic (exact) mass is 291 g/mol. The van der Waals surface area contributed by atoms with E-state index in [4.69, 9.17) is 5.11 Å². The van der Waals surface area contributed by atoms with Gasteiger partial charge in [0.15, 0.2) is 0 Å². The second-order valence-electron chi connectivity index (χ2n) is 5.42. The summed E-state index contributed by atoms with van der Waals surface area (Å²) in [4.78, 5) is 25.0. The number of carbonyl (C=O) groups excluding carboxylic acids is 1. The fourth-order valence-corrected chi connectivity index (χ4v) is 2.13. The lowest BCUT2D eigenvalue weighted by Gasteiger charge is -2.24. The topological polar surface area (TPSA) is 57.6 Å². The van der Waals surface area contributed by atoms with Gasteiger partial charge in [-0.2, -0.15) is 0 Å². The van der Waals surface area contributed by atoms with E-state index in [1.165, 1.54) is 0 Å². The Morgan fingerprint density at radius 2 is 1.90 bits per heavy atom. The first-order valence-corrected chi connectivity index (χ1v) is 7.59. The first-order valence-electron chi connectivity index (χ1n) is 7.59. The van der Waals surface area contributed by atoms with E-state index < -0.39 is 11.9 Å². The van der Waals surface area contributed by atoms with Crippen LogP contribution in [0.1, 0.15) is 38.7 Å². The van der Waals surface area contributed by atoms with Crippen LogP contribution in [-0.2, 0) is 16.0 Å². The fourth-order valence-electron chi connectivity index (χ4n) is 2.13. The van der Waals surface area contributed by atoms with Gasteiger partial charge in [-0.3, -0.25) is 9.59 Å². The van der Waals surface area contributed by atoms with Gasteiger partial charge in [0.1, 0.15) is 0 Å². The molecular formula is C17H25NO3. The highest BCUT2D eigenvalue weighted by molar-refractivity contribution is 5.77. The minimum atomic E-state index is -0.854. The summed E-state index contributed by atoms with van der Waals surface area (Å²) in [6.45, 7) is 4.64. The number of aryl methyl sites for hydroxylation is 1. The standard InChI is InChI=1S/C17H25NO3/c1-3-4-12-18(13-14(2)17(20)21)16(19)11-10-15-8-6-5-7-9-15/h5-9,14H,3-4,10-13H2,1-2H3,(H,20,21). The Bertz CT molecular complexity index is 445. The minimum absolute atomic E-state index is 0.0420. The first kappa shape index (κ1) is 17.2. The highest BCUT2D eigenvalue weighted by atomic mass is 16.4. The van der Waals surface area contributed by atoms with Gasteiger partial charge in [-0.05, 0) is 18.4 Å². The van der Waals surface area contributed by atoms with Crippen molar-refractivity contribution in [2.24, 2.45) is 5.92 Å². The van der Waals surface area contributed by atoms with Crippen LogP contribution < -0.4 is 0 Å². The number of carboxylic acid groups (broad SMARTS) is 1. The molecule has 0 aromatic heterocycles. The highest BCUT2D eigenvalue weighted by Crippen LogP contribution is 2.08. The molecule has 1 atom stereocenters. The predicted molar refractivity (Wildman–Crippen MR) is 83.1 cm³/mol. The van der Waals surface area contributed by atoms with E-state index in [0.29, 0.717) is 25.9 Å². The third-order valence-electron chi connectivity index (χ3n) is 3.52. The summed E-state index contributed by atoms with van der Waals surface area (Å²) in [5, 5.41) is 9.01. The molecule has 1 amide bonds. The lowest BCUT2D eigenvalue weighted by molar-refractivity contribution is -0.143.